The maximum atomic E-state index is 12.4. The maximum absolute atomic E-state index is 12.4. The Morgan fingerprint density at radius 2 is 1.80 bits per heavy atom. The molecule has 0 bridgehead atoms. The Morgan fingerprint density at radius 1 is 1.05 bits per heavy atom. The number of hydrogen-bond acceptors (Lipinski definition) is 3. The third kappa shape index (κ3) is 2.16. The molecule has 0 saturated carbocycles. The fourth-order valence-electron chi connectivity index (χ4n) is 2.26. The lowest BCUT2D eigenvalue weighted by Crippen LogP contribution is -2.03. The number of para-hydroxylation sites is 1. The molecule has 0 unspecified atom stereocenters. The van der Waals surface area contributed by atoms with E-state index in [1.54, 1.807) is 36.4 Å². The van der Waals surface area contributed by atoms with E-state index in [0.29, 0.717) is 28.4 Å². The van der Waals surface area contributed by atoms with Gasteiger partial charge in [-0.3, -0.25) is 9.59 Å². The first-order valence-corrected chi connectivity index (χ1v) is 6.31. The zero-order valence-electron chi connectivity index (χ0n) is 10.6. The average molecular weight is 268 g/mol. The zero-order valence-corrected chi connectivity index (χ0v) is 10.6. The van der Waals surface area contributed by atoms with Crippen LogP contribution in [-0.4, -0.2) is 11.1 Å². The number of carboxylic acids is 1. The molecule has 0 aliphatic rings. The molecule has 4 nitrogen and oxygen atoms in total. The van der Waals surface area contributed by atoms with Crippen molar-refractivity contribution in [3.8, 4) is 0 Å². The highest BCUT2D eigenvalue weighted by molar-refractivity contribution is 5.89. The van der Waals surface area contributed by atoms with Gasteiger partial charge < -0.3 is 9.52 Å². The number of rotatable bonds is 3. The van der Waals surface area contributed by atoms with Crippen molar-refractivity contribution in [3.05, 3.63) is 58.3 Å². The number of benzene rings is 2. The van der Waals surface area contributed by atoms with E-state index in [-0.39, 0.29) is 11.8 Å². The van der Waals surface area contributed by atoms with E-state index in [1.165, 1.54) is 0 Å². The molecule has 3 rings (SSSR count). The predicted molar refractivity (Wildman–Crippen MR) is 75.9 cm³/mol. The molecule has 2 aromatic carbocycles. The van der Waals surface area contributed by atoms with Crippen molar-refractivity contribution < 1.29 is 14.3 Å². The van der Waals surface area contributed by atoms with Gasteiger partial charge in [-0.05, 0) is 36.2 Å². The van der Waals surface area contributed by atoms with E-state index < -0.39 is 5.97 Å². The van der Waals surface area contributed by atoms with Crippen LogP contribution in [0.15, 0.2) is 51.7 Å². The Hall–Kier alpha value is -2.62. The van der Waals surface area contributed by atoms with Crippen molar-refractivity contribution in [1.82, 2.24) is 0 Å². The van der Waals surface area contributed by atoms with Crippen LogP contribution in [0.2, 0.25) is 0 Å². The lowest BCUT2D eigenvalue weighted by molar-refractivity contribution is -0.136. The van der Waals surface area contributed by atoms with Crippen molar-refractivity contribution in [2.24, 2.45) is 0 Å². The summed E-state index contributed by atoms with van der Waals surface area (Å²) < 4.78 is 5.69. The molecule has 0 amide bonds. The Bertz CT molecular complexity index is 861. The standard InChI is InChI=1S/C16H12O4/c17-15(18)8-6-10-5-7-14-12(9-10)16(19)11-3-1-2-4-13(11)20-14/h1-5,7,9H,6,8H2,(H,17,18). The highest BCUT2D eigenvalue weighted by Gasteiger charge is 2.08. The van der Waals surface area contributed by atoms with Gasteiger partial charge in [0, 0.05) is 6.42 Å². The van der Waals surface area contributed by atoms with Crippen LogP contribution in [0, 0.1) is 0 Å². The first-order chi connectivity index (χ1) is 9.65. The fourth-order valence-corrected chi connectivity index (χ4v) is 2.26. The molecule has 1 heterocycles. The van der Waals surface area contributed by atoms with Crippen LogP contribution < -0.4 is 5.43 Å². The largest absolute Gasteiger partial charge is 0.481 e. The molecular formula is C16H12O4. The molecule has 0 atom stereocenters. The van der Waals surface area contributed by atoms with Crippen molar-refractivity contribution in [3.63, 3.8) is 0 Å². The fraction of sp³-hybridized carbons (Fsp3) is 0.125. The van der Waals surface area contributed by atoms with E-state index in [9.17, 15) is 9.59 Å². The van der Waals surface area contributed by atoms with Gasteiger partial charge in [-0.15, -0.1) is 0 Å². The lowest BCUT2D eigenvalue weighted by Gasteiger charge is -2.03. The summed E-state index contributed by atoms with van der Waals surface area (Å²) in [6.45, 7) is 0. The number of aliphatic carboxylic acids is 1. The Labute approximate surface area is 114 Å². The van der Waals surface area contributed by atoms with Crippen molar-refractivity contribution in [2.75, 3.05) is 0 Å². The molecule has 4 heteroatoms. The molecule has 100 valence electrons. The van der Waals surface area contributed by atoms with Gasteiger partial charge in [0.1, 0.15) is 11.2 Å². The van der Waals surface area contributed by atoms with Gasteiger partial charge in [0.15, 0.2) is 0 Å². The SMILES string of the molecule is O=C(O)CCc1ccc2oc3ccccc3c(=O)c2c1. The van der Waals surface area contributed by atoms with Crippen molar-refractivity contribution in [2.45, 2.75) is 12.8 Å². The molecule has 0 aliphatic carbocycles. The summed E-state index contributed by atoms with van der Waals surface area (Å²) in [5, 5.41) is 9.73. The molecule has 0 aliphatic heterocycles. The van der Waals surface area contributed by atoms with Crippen molar-refractivity contribution >= 4 is 27.9 Å². The van der Waals surface area contributed by atoms with Gasteiger partial charge in [-0.25, -0.2) is 0 Å². The third-order valence-corrected chi connectivity index (χ3v) is 3.27. The molecule has 0 spiro atoms. The Balaban J connectivity index is 2.18. The number of carbonyl (C=O) groups is 1. The van der Waals surface area contributed by atoms with Crippen LogP contribution in [0.25, 0.3) is 21.9 Å². The topological polar surface area (TPSA) is 67.5 Å². The minimum absolute atomic E-state index is 0.0461. The van der Waals surface area contributed by atoms with E-state index >= 15 is 0 Å². The molecular weight excluding hydrogens is 256 g/mol. The Kier molecular flexibility index (Phi) is 2.99. The first-order valence-electron chi connectivity index (χ1n) is 6.31. The molecule has 0 radical (unpaired) electrons. The molecule has 0 fully saturated rings. The first kappa shape index (κ1) is 12.4. The highest BCUT2D eigenvalue weighted by Crippen LogP contribution is 2.19. The number of aryl methyl sites for hydroxylation is 1. The number of hydrogen-bond donors (Lipinski definition) is 1. The number of fused-ring (bicyclic) bond motifs is 2. The second kappa shape index (κ2) is 4.81. The summed E-state index contributed by atoms with van der Waals surface area (Å²) in [6, 6.07) is 12.3. The normalized spacial score (nSPS) is 11.0. The molecule has 1 N–H and O–H groups in total. The van der Waals surface area contributed by atoms with E-state index in [0.717, 1.165) is 5.56 Å². The van der Waals surface area contributed by atoms with Gasteiger partial charge in [-0.2, -0.15) is 0 Å². The molecule has 1 aromatic heterocycles. The lowest BCUT2D eigenvalue weighted by atomic mass is 10.1. The second-order valence-electron chi connectivity index (χ2n) is 4.65. The second-order valence-corrected chi connectivity index (χ2v) is 4.65. The average Bonchev–Trinajstić information content (AvgIpc) is 2.46. The van der Waals surface area contributed by atoms with Crippen LogP contribution in [0.4, 0.5) is 0 Å². The van der Waals surface area contributed by atoms with E-state index in [1.807, 2.05) is 6.07 Å². The summed E-state index contributed by atoms with van der Waals surface area (Å²) in [7, 11) is 0. The molecule has 0 saturated heterocycles. The Morgan fingerprint density at radius 3 is 2.60 bits per heavy atom. The van der Waals surface area contributed by atoms with Gasteiger partial charge >= 0.3 is 5.97 Å². The minimum Gasteiger partial charge on any atom is -0.481 e. The summed E-state index contributed by atoms with van der Waals surface area (Å²) >= 11 is 0. The van der Waals surface area contributed by atoms with Gasteiger partial charge in [-0.1, -0.05) is 18.2 Å². The number of carboxylic acid groups (broad SMARTS) is 1. The van der Waals surface area contributed by atoms with Crippen molar-refractivity contribution in [1.29, 1.82) is 0 Å². The van der Waals surface area contributed by atoms with Crippen LogP contribution in [0.5, 0.6) is 0 Å². The van der Waals surface area contributed by atoms with Gasteiger partial charge in [0.2, 0.25) is 5.43 Å². The third-order valence-electron chi connectivity index (χ3n) is 3.27. The van der Waals surface area contributed by atoms with Crippen LogP contribution >= 0.6 is 0 Å². The monoisotopic (exact) mass is 268 g/mol. The summed E-state index contributed by atoms with van der Waals surface area (Å²) in [5.41, 5.74) is 1.82. The smallest absolute Gasteiger partial charge is 0.303 e. The van der Waals surface area contributed by atoms with E-state index in [2.05, 4.69) is 0 Å². The van der Waals surface area contributed by atoms with Crippen LogP contribution in [0.3, 0.4) is 0 Å². The zero-order chi connectivity index (χ0) is 14.1. The van der Waals surface area contributed by atoms with Crippen LogP contribution in [-0.2, 0) is 11.2 Å². The maximum Gasteiger partial charge on any atom is 0.303 e. The summed E-state index contributed by atoms with van der Waals surface area (Å²) in [6.07, 6.45) is 0.446. The minimum atomic E-state index is -0.851. The van der Waals surface area contributed by atoms with Gasteiger partial charge in [0.05, 0.1) is 10.8 Å². The quantitative estimate of drug-likeness (QED) is 0.741. The summed E-state index contributed by atoms with van der Waals surface area (Å²) in [5.74, 6) is -0.851. The molecule has 3 aromatic rings. The summed E-state index contributed by atoms with van der Waals surface area (Å²) in [4.78, 5) is 23.0. The predicted octanol–water partition coefficient (Wildman–Crippen LogP) is 2.96. The highest BCUT2D eigenvalue weighted by atomic mass is 16.4. The van der Waals surface area contributed by atoms with Gasteiger partial charge in [0.25, 0.3) is 0 Å². The molecule has 20 heavy (non-hydrogen) atoms. The van der Waals surface area contributed by atoms with Crippen LogP contribution in [0.1, 0.15) is 12.0 Å². The van der Waals surface area contributed by atoms with E-state index in [4.69, 9.17) is 9.52 Å².